The second-order valence-electron chi connectivity index (χ2n) is 5.91. The number of nitrogens with zero attached hydrogens (tertiary/aromatic N) is 2. The highest BCUT2D eigenvalue weighted by Gasteiger charge is 2.13. The van der Waals surface area contributed by atoms with Crippen molar-refractivity contribution in [2.24, 2.45) is 11.5 Å². The number of benzene rings is 1. The predicted molar refractivity (Wildman–Crippen MR) is 106 cm³/mol. The number of carbonyl (C=O) groups excluding carboxylic acids is 1. The van der Waals surface area contributed by atoms with Gasteiger partial charge in [0.05, 0.1) is 13.2 Å². The number of methoxy groups -OCH3 is 2. The zero-order valence-corrected chi connectivity index (χ0v) is 16.0. The fourth-order valence-corrected chi connectivity index (χ4v) is 2.25. The number of hydrogen-bond acceptors (Lipinski definition) is 9. The number of nitrogens with two attached hydrogens (primary N) is 2. The fraction of sp³-hybridized carbons (Fsp3) is 0.389. The third-order valence-electron chi connectivity index (χ3n) is 3.63. The summed E-state index contributed by atoms with van der Waals surface area (Å²) in [5.41, 5.74) is 12.2. The van der Waals surface area contributed by atoms with Crippen molar-refractivity contribution < 1.29 is 19.0 Å². The molecule has 0 bridgehead atoms. The van der Waals surface area contributed by atoms with Crippen LogP contribution in [-0.4, -0.2) is 62.5 Å². The molecule has 1 unspecified atom stereocenters. The second kappa shape index (κ2) is 11.0. The lowest BCUT2D eigenvalue weighted by molar-refractivity contribution is 0.100. The molecule has 0 saturated heterocycles. The first-order valence-electron chi connectivity index (χ1n) is 8.67. The maximum absolute atomic E-state index is 11.7. The number of carbonyl (C=O) groups is 1. The van der Waals surface area contributed by atoms with Crippen molar-refractivity contribution in [1.29, 1.82) is 0 Å². The van der Waals surface area contributed by atoms with Crippen LogP contribution in [-0.2, 0) is 9.47 Å². The van der Waals surface area contributed by atoms with E-state index in [1.165, 1.54) is 6.20 Å². The third kappa shape index (κ3) is 6.65. The van der Waals surface area contributed by atoms with Crippen LogP contribution >= 0.6 is 0 Å². The zero-order valence-electron chi connectivity index (χ0n) is 16.0. The molecule has 2 rings (SSSR count). The molecule has 0 aliphatic rings. The second-order valence-corrected chi connectivity index (χ2v) is 5.91. The Bertz CT molecular complexity index is 756. The standard InChI is InChI=1S/C18H26N6O4/c1-26-7-8-28-14-5-3-13(4-6-14)23-17-15(16(20)25)10-22-18(24-17)21-9-12(19)11-27-2/h3-6,10,12H,7-9,11,19H2,1-2H3,(H2,20,25)(H2,21,22,23,24). The molecule has 0 fully saturated rings. The first kappa shape index (κ1) is 21.4. The van der Waals surface area contributed by atoms with Crippen LogP contribution in [0.15, 0.2) is 30.5 Å². The molecule has 152 valence electrons. The summed E-state index contributed by atoms with van der Waals surface area (Å²) in [7, 11) is 3.19. The van der Waals surface area contributed by atoms with Crippen molar-refractivity contribution >= 4 is 23.4 Å². The lowest BCUT2D eigenvalue weighted by atomic mass is 10.2. The quantitative estimate of drug-likeness (QED) is 0.385. The minimum absolute atomic E-state index is 0.173. The van der Waals surface area contributed by atoms with E-state index in [1.54, 1.807) is 38.5 Å². The monoisotopic (exact) mass is 390 g/mol. The van der Waals surface area contributed by atoms with Crippen LogP contribution in [0.4, 0.5) is 17.5 Å². The van der Waals surface area contributed by atoms with E-state index in [0.717, 1.165) is 0 Å². The summed E-state index contributed by atoms with van der Waals surface area (Å²) in [5.74, 6) is 0.677. The average Bonchev–Trinajstić information content (AvgIpc) is 2.68. The predicted octanol–water partition coefficient (Wildman–Crippen LogP) is 0.730. The summed E-state index contributed by atoms with van der Waals surface area (Å²) in [6.45, 7) is 1.78. The van der Waals surface area contributed by atoms with Crippen LogP contribution in [0.5, 0.6) is 5.75 Å². The van der Waals surface area contributed by atoms with Gasteiger partial charge in [0.1, 0.15) is 23.7 Å². The van der Waals surface area contributed by atoms with E-state index in [9.17, 15) is 4.79 Å². The van der Waals surface area contributed by atoms with Crippen LogP contribution in [0.1, 0.15) is 10.4 Å². The van der Waals surface area contributed by atoms with Gasteiger partial charge in [-0.2, -0.15) is 4.98 Å². The molecule has 28 heavy (non-hydrogen) atoms. The van der Waals surface area contributed by atoms with Gasteiger partial charge in [-0.3, -0.25) is 4.79 Å². The summed E-state index contributed by atoms with van der Waals surface area (Å²) in [4.78, 5) is 20.1. The van der Waals surface area contributed by atoms with Crippen molar-refractivity contribution in [2.45, 2.75) is 6.04 Å². The Hall–Kier alpha value is -2.95. The van der Waals surface area contributed by atoms with Crippen LogP contribution in [0.3, 0.4) is 0 Å². The molecular formula is C18H26N6O4. The van der Waals surface area contributed by atoms with Gasteiger partial charge in [0.2, 0.25) is 5.95 Å². The first-order valence-corrected chi connectivity index (χ1v) is 8.67. The normalized spacial score (nSPS) is 11.7. The largest absolute Gasteiger partial charge is 0.491 e. The average molecular weight is 390 g/mol. The van der Waals surface area contributed by atoms with E-state index in [4.69, 9.17) is 25.7 Å². The highest BCUT2D eigenvalue weighted by molar-refractivity contribution is 5.98. The Labute approximate surface area is 163 Å². The molecule has 0 radical (unpaired) electrons. The molecule has 10 nitrogen and oxygen atoms in total. The van der Waals surface area contributed by atoms with Gasteiger partial charge in [-0.1, -0.05) is 0 Å². The molecule has 1 aromatic heterocycles. The Morgan fingerprint density at radius 2 is 1.93 bits per heavy atom. The summed E-state index contributed by atoms with van der Waals surface area (Å²) < 4.78 is 15.5. The molecule has 10 heteroatoms. The molecule has 1 aromatic carbocycles. The SMILES string of the molecule is COCCOc1ccc(Nc2nc(NCC(N)COC)ncc2C(N)=O)cc1. The number of ether oxygens (including phenoxy) is 3. The summed E-state index contributed by atoms with van der Waals surface area (Å²) in [5, 5.41) is 6.08. The number of hydrogen-bond donors (Lipinski definition) is 4. The molecular weight excluding hydrogens is 364 g/mol. The summed E-state index contributed by atoms with van der Waals surface area (Å²) in [6, 6.07) is 6.98. The van der Waals surface area contributed by atoms with Crippen LogP contribution in [0, 0.1) is 0 Å². The minimum atomic E-state index is -0.635. The lowest BCUT2D eigenvalue weighted by Crippen LogP contribution is -2.33. The molecule has 0 saturated carbocycles. The van der Waals surface area contributed by atoms with Crippen molar-refractivity contribution in [3.8, 4) is 5.75 Å². The van der Waals surface area contributed by atoms with Crippen molar-refractivity contribution in [2.75, 3.05) is 51.2 Å². The highest BCUT2D eigenvalue weighted by atomic mass is 16.5. The van der Waals surface area contributed by atoms with Crippen LogP contribution < -0.4 is 26.8 Å². The summed E-state index contributed by atoms with van der Waals surface area (Å²) in [6.07, 6.45) is 1.37. The zero-order chi connectivity index (χ0) is 20.4. The third-order valence-corrected chi connectivity index (χ3v) is 3.63. The number of amides is 1. The molecule has 0 aliphatic carbocycles. The molecule has 2 aromatic rings. The number of anilines is 3. The van der Waals surface area contributed by atoms with Gasteiger partial charge < -0.3 is 36.3 Å². The maximum Gasteiger partial charge on any atom is 0.254 e. The topological polar surface area (TPSA) is 147 Å². The smallest absolute Gasteiger partial charge is 0.254 e. The maximum atomic E-state index is 11.7. The molecule has 0 aliphatic heterocycles. The molecule has 0 spiro atoms. The van der Waals surface area contributed by atoms with Gasteiger partial charge in [-0.25, -0.2) is 4.98 Å². The highest BCUT2D eigenvalue weighted by Crippen LogP contribution is 2.22. The van der Waals surface area contributed by atoms with E-state index in [0.29, 0.717) is 49.6 Å². The number of primary amides is 1. The molecule has 1 heterocycles. The van der Waals surface area contributed by atoms with Gasteiger partial charge in [-0.05, 0) is 24.3 Å². The van der Waals surface area contributed by atoms with Gasteiger partial charge in [0.15, 0.2) is 0 Å². The van der Waals surface area contributed by atoms with Gasteiger partial charge in [0, 0.05) is 38.7 Å². The first-order chi connectivity index (χ1) is 13.5. The van der Waals surface area contributed by atoms with Crippen LogP contribution in [0.2, 0.25) is 0 Å². The van der Waals surface area contributed by atoms with E-state index in [2.05, 4.69) is 20.6 Å². The Balaban J connectivity index is 2.09. The van der Waals surface area contributed by atoms with Gasteiger partial charge in [-0.15, -0.1) is 0 Å². The number of rotatable bonds is 12. The number of nitrogens with one attached hydrogen (secondary N) is 2. The van der Waals surface area contributed by atoms with E-state index < -0.39 is 5.91 Å². The van der Waals surface area contributed by atoms with E-state index in [1.807, 2.05) is 0 Å². The molecule has 1 atom stereocenters. The lowest BCUT2D eigenvalue weighted by Gasteiger charge is -2.14. The van der Waals surface area contributed by atoms with Crippen molar-refractivity contribution in [1.82, 2.24) is 9.97 Å². The van der Waals surface area contributed by atoms with Crippen molar-refractivity contribution in [3.63, 3.8) is 0 Å². The van der Waals surface area contributed by atoms with Gasteiger partial charge >= 0.3 is 0 Å². The molecule has 6 N–H and O–H groups in total. The Kier molecular flexibility index (Phi) is 8.40. The Morgan fingerprint density at radius 1 is 1.18 bits per heavy atom. The fourth-order valence-electron chi connectivity index (χ4n) is 2.25. The van der Waals surface area contributed by atoms with Gasteiger partial charge in [0.25, 0.3) is 5.91 Å². The minimum Gasteiger partial charge on any atom is -0.491 e. The van der Waals surface area contributed by atoms with Crippen LogP contribution in [0.25, 0.3) is 0 Å². The van der Waals surface area contributed by atoms with E-state index in [-0.39, 0.29) is 11.6 Å². The Morgan fingerprint density at radius 3 is 2.57 bits per heavy atom. The molecule has 1 amide bonds. The van der Waals surface area contributed by atoms with Crippen molar-refractivity contribution in [3.05, 3.63) is 36.0 Å². The van der Waals surface area contributed by atoms with E-state index >= 15 is 0 Å². The summed E-state index contributed by atoms with van der Waals surface area (Å²) >= 11 is 0. The number of aromatic nitrogens is 2.